The zero-order valence-electron chi connectivity index (χ0n) is 11.7. The summed E-state index contributed by atoms with van der Waals surface area (Å²) in [4.78, 5) is 4.38. The molecule has 1 aromatic carbocycles. The van der Waals surface area contributed by atoms with Gasteiger partial charge in [0.15, 0.2) is 5.82 Å². The maximum absolute atomic E-state index is 5.33. The van der Waals surface area contributed by atoms with Gasteiger partial charge in [-0.15, -0.1) is 0 Å². The lowest BCUT2D eigenvalue weighted by atomic mass is 10.2. The van der Waals surface area contributed by atoms with E-state index in [0.29, 0.717) is 6.54 Å². The smallest absolute Gasteiger partial charge is 0.153 e. The maximum Gasteiger partial charge on any atom is 0.153 e. The summed E-state index contributed by atoms with van der Waals surface area (Å²) >= 11 is 0. The van der Waals surface area contributed by atoms with Crippen LogP contribution in [0.1, 0.15) is 5.56 Å². The van der Waals surface area contributed by atoms with Crippen LogP contribution < -0.4 is 10.1 Å². The maximum atomic E-state index is 5.33. The van der Waals surface area contributed by atoms with Gasteiger partial charge < -0.3 is 10.1 Å². The van der Waals surface area contributed by atoms with Crippen LogP contribution in [0.5, 0.6) is 5.75 Å². The number of benzene rings is 1. The van der Waals surface area contributed by atoms with E-state index in [1.54, 1.807) is 24.2 Å². The van der Waals surface area contributed by atoms with Gasteiger partial charge in [0.25, 0.3) is 0 Å². The highest BCUT2D eigenvalue weighted by molar-refractivity contribution is 5.45. The molecule has 0 aliphatic heterocycles. The Bertz CT molecular complexity index is 693. The van der Waals surface area contributed by atoms with Crippen molar-refractivity contribution in [2.45, 2.75) is 6.54 Å². The van der Waals surface area contributed by atoms with Gasteiger partial charge in [0, 0.05) is 24.5 Å². The van der Waals surface area contributed by atoms with Crippen molar-refractivity contribution in [1.82, 2.24) is 14.8 Å². The lowest BCUT2D eigenvalue weighted by Crippen LogP contribution is -2.03. The van der Waals surface area contributed by atoms with Crippen LogP contribution in [-0.4, -0.2) is 21.9 Å². The minimum Gasteiger partial charge on any atom is -0.496 e. The predicted molar refractivity (Wildman–Crippen MR) is 81.7 cm³/mol. The number of rotatable bonds is 5. The molecule has 0 radical (unpaired) electrons. The number of hydrogen-bond acceptors (Lipinski definition) is 4. The molecule has 0 bridgehead atoms. The molecule has 1 N–H and O–H groups in total. The first-order valence-corrected chi connectivity index (χ1v) is 6.68. The quantitative estimate of drug-likeness (QED) is 0.780. The molecule has 5 heteroatoms. The fourth-order valence-corrected chi connectivity index (χ4v) is 2.08. The fourth-order valence-electron chi connectivity index (χ4n) is 2.08. The van der Waals surface area contributed by atoms with E-state index in [4.69, 9.17) is 4.74 Å². The molecule has 2 heterocycles. The molecule has 21 heavy (non-hydrogen) atoms. The van der Waals surface area contributed by atoms with E-state index in [0.717, 1.165) is 22.8 Å². The van der Waals surface area contributed by atoms with Crippen molar-refractivity contribution in [1.29, 1.82) is 0 Å². The van der Waals surface area contributed by atoms with E-state index in [2.05, 4.69) is 15.4 Å². The van der Waals surface area contributed by atoms with E-state index >= 15 is 0 Å². The van der Waals surface area contributed by atoms with Crippen molar-refractivity contribution in [3.05, 3.63) is 66.6 Å². The van der Waals surface area contributed by atoms with Gasteiger partial charge in [-0.1, -0.05) is 18.2 Å². The van der Waals surface area contributed by atoms with Crippen LogP contribution in [0.25, 0.3) is 5.82 Å². The third kappa shape index (κ3) is 3.02. The van der Waals surface area contributed by atoms with Crippen LogP contribution in [0.2, 0.25) is 0 Å². The molecule has 2 aromatic heterocycles. The molecule has 0 saturated carbocycles. The van der Waals surface area contributed by atoms with Crippen LogP contribution in [0, 0.1) is 0 Å². The molecule has 0 atom stereocenters. The third-order valence-corrected chi connectivity index (χ3v) is 3.16. The van der Waals surface area contributed by atoms with Crippen molar-refractivity contribution < 1.29 is 4.74 Å². The Morgan fingerprint density at radius 3 is 2.76 bits per heavy atom. The number of nitrogens with zero attached hydrogens (tertiary/aromatic N) is 3. The summed E-state index contributed by atoms with van der Waals surface area (Å²) in [6.45, 7) is 0.687. The Kier molecular flexibility index (Phi) is 3.82. The molecular weight excluding hydrogens is 264 g/mol. The number of hydrogen-bond donors (Lipinski definition) is 1. The minimum atomic E-state index is 0.687. The summed E-state index contributed by atoms with van der Waals surface area (Å²) in [5.74, 6) is 1.67. The number of methoxy groups -OCH3 is 1. The number of aromatic nitrogens is 3. The van der Waals surface area contributed by atoms with Gasteiger partial charge in [0.05, 0.1) is 19.0 Å². The number of nitrogens with one attached hydrogen (secondary N) is 1. The highest BCUT2D eigenvalue weighted by Gasteiger charge is 2.02. The highest BCUT2D eigenvalue weighted by Crippen LogP contribution is 2.19. The summed E-state index contributed by atoms with van der Waals surface area (Å²) in [5, 5.41) is 7.49. The Labute approximate surface area is 123 Å². The zero-order valence-corrected chi connectivity index (χ0v) is 11.7. The second kappa shape index (κ2) is 6.09. The number of pyridine rings is 1. The number of anilines is 1. The Morgan fingerprint density at radius 2 is 2.05 bits per heavy atom. The first-order chi connectivity index (χ1) is 10.4. The second-order valence-corrected chi connectivity index (χ2v) is 4.52. The number of para-hydroxylation sites is 1. The van der Waals surface area contributed by atoms with Gasteiger partial charge in [-0.2, -0.15) is 5.10 Å². The SMILES string of the molecule is COc1ccccc1CNc1ccc(-n2cccn2)nc1. The van der Waals surface area contributed by atoms with Crippen LogP contribution in [0.15, 0.2) is 61.1 Å². The lowest BCUT2D eigenvalue weighted by Gasteiger charge is -2.10. The van der Waals surface area contributed by atoms with Crippen LogP contribution in [0.3, 0.4) is 0 Å². The van der Waals surface area contributed by atoms with Crippen LogP contribution in [0.4, 0.5) is 5.69 Å². The molecule has 0 aliphatic carbocycles. The van der Waals surface area contributed by atoms with E-state index < -0.39 is 0 Å². The van der Waals surface area contributed by atoms with Gasteiger partial charge in [0.2, 0.25) is 0 Å². The van der Waals surface area contributed by atoms with Crippen LogP contribution in [-0.2, 0) is 6.54 Å². The Balaban J connectivity index is 1.68. The van der Waals surface area contributed by atoms with Crippen molar-refractivity contribution in [2.75, 3.05) is 12.4 Å². The van der Waals surface area contributed by atoms with E-state index in [9.17, 15) is 0 Å². The summed E-state index contributed by atoms with van der Waals surface area (Å²) in [7, 11) is 1.68. The van der Waals surface area contributed by atoms with Gasteiger partial charge >= 0.3 is 0 Å². The van der Waals surface area contributed by atoms with E-state index in [1.165, 1.54) is 0 Å². The van der Waals surface area contributed by atoms with Gasteiger partial charge in [-0.3, -0.25) is 0 Å². The normalized spacial score (nSPS) is 10.3. The molecule has 5 nitrogen and oxygen atoms in total. The monoisotopic (exact) mass is 280 g/mol. The van der Waals surface area contributed by atoms with Crippen molar-refractivity contribution >= 4 is 5.69 Å². The molecule has 3 aromatic rings. The molecule has 0 fully saturated rings. The molecule has 0 saturated heterocycles. The van der Waals surface area contributed by atoms with E-state index in [-0.39, 0.29) is 0 Å². The molecule has 0 aliphatic rings. The van der Waals surface area contributed by atoms with Gasteiger partial charge in [0.1, 0.15) is 5.75 Å². The lowest BCUT2D eigenvalue weighted by molar-refractivity contribution is 0.410. The molecule has 0 spiro atoms. The van der Waals surface area contributed by atoms with Crippen LogP contribution >= 0.6 is 0 Å². The number of ether oxygens (including phenoxy) is 1. The van der Waals surface area contributed by atoms with E-state index in [1.807, 2.05) is 48.7 Å². The van der Waals surface area contributed by atoms with Gasteiger partial charge in [-0.05, 0) is 24.3 Å². The first-order valence-electron chi connectivity index (χ1n) is 6.68. The van der Waals surface area contributed by atoms with Gasteiger partial charge in [-0.25, -0.2) is 9.67 Å². The summed E-state index contributed by atoms with van der Waals surface area (Å²) in [6.07, 6.45) is 5.40. The molecular formula is C16H16N4O. The Morgan fingerprint density at radius 1 is 1.14 bits per heavy atom. The molecule has 3 rings (SSSR count). The second-order valence-electron chi connectivity index (χ2n) is 4.52. The fraction of sp³-hybridized carbons (Fsp3) is 0.125. The summed E-state index contributed by atoms with van der Waals surface area (Å²) in [6, 6.07) is 13.7. The average molecular weight is 280 g/mol. The highest BCUT2D eigenvalue weighted by atomic mass is 16.5. The predicted octanol–water partition coefficient (Wildman–Crippen LogP) is 2.89. The van der Waals surface area contributed by atoms with Crippen molar-refractivity contribution in [2.24, 2.45) is 0 Å². The molecule has 0 amide bonds. The standard InChI is InChI=1S/C16H16N4O/c1-21-15-6-3-2-5-13(15)11-17-14-7-8-16(18-12-14)20-10-4-9-19-20/h2-10,12,17H,11H2,1H3. The molecule has 0 unspecified atom stereocenters. The Hall–Kier alpha value is -2.82. The molecule has 106 valence electrons. The van der Waals surface area contributed by atoms with Crippen molar-refractivity contribution in [3.8, 4) is 11.6 Å². The summed E-state index contributed by atoms with van der Waals surface area (Å²) < 4.78 is 7.06. The first kappa shape index (κ1) is 13.2. The minimum absolute atomic E-state index is 0.687. The topological polar surface area (TPSA) is 52.0 Å². The largest absolute Gasteiger partial charge is 0.496 e. The average Bonchev–Trinajstić information content (AvgIpc) is 3.08. The van der Waals surface area contributed by atoms with Crippen molar-refractivity contribution in [3.63, 3.8) is 0 Å². The third-order valence-electron chi connectivity index (χ3n) is 3.16. The zero-order chi connectivity index (χ0) is 14.5. The summed E-state index contributed by atoms with van der Waals surface area (Å²) in [5.41, 5.74) is 2.06.